The van der Waals surface area contributed by atoms with Gasteiger partial charge in [-0.2, -0.15) is 0 Å². The summed E-state index contributed by atoms with van der Waals surface area (Å²) in [5.74, 6) is -2.54. The van der Waals surface area contributed by atoms with Gasteiger partial charge in [0.1, 0.15) is 5.82 Å². The number of rotatable bonds is 7. The fourth-order valence-corrected chi connectivity index (χ4v) is 2.21. The number of carboxylic acids is 1. The van der Waals surface area contributed by atoms with Gasteiger partial charge in [-0.25, -0.2) is 9.18 Å². The average Bonchev–Trinajstić information content (AvgIpc) is 2.58. The van der Waals surface area contributed by atoms with Crippen molar-refractivity contribution in [3.63, 3.8) is 0 Å². The summed E-state index contributed by atoms with van der Waals surface area (Å²) in [5, 5.41) is 9.44. The van der Waals surface area contributed by atoms with Crippen LogP contribution in [0.25, 0.3) is 0 Å². The predicted octanol–water partition coefficient (Wildman–Crippen LogP) is 3.14. The summed E-state index contributed by atoms with van der Waals surface area (Å²) >= 11 is 5.54. The molecule has 0 saturated heterocycles. The van der Waals surface area contributed by atoms with Crippen LogP contribution in [-0.2, 0) is 9.53 Å². The van der Waals surface area contributed by atoms with Crippen molar-refractivity contribution >= 4 is 29.2 Å². The number of alkyl halides is 1. The van der Waals surface area contributed by atoms with Crippen molar-refractivity contribution in [2.24, 2.45) is 0 Å². The van der Waals surface area contributed by atoms with Crippen molar-refractivity contribution in [2.45, 2.75) is 6.23 Å². The minimum absolute atomic E-state index is 0.0559. The van der Waals surface area contributed by atoms with Gasteiger partial charge in [0.2, 0.25) is 6.23 Å². The molecule has 1 N–H and O–H groups in total. The van der Waals surface area contributed by atoms with Crippen molar-refractivity contribution in [3.05, 3.63) is 66.0 Å². The number of halogens is 2. The Kier molecular flexibility index (Phi) is 6.28. The highest BCUT2D eigenvalue weighted by molar-refractivity contribution is 6.18. The van der Waals surface area contributed by atoms with Gasteiger partial charge in [-0.1, -0.05) is 24.3 Å². The second-order valence-corrected chi connectivity index (χ2v) is 5.15. The van der Waals surface area contributed by atoms with Gasteiger partial charge in [-0.15, -0.1) is 11.6 Å². The number of amides is 1. The minimum Gasteiger partial charge on any atom is -0.478 e. The lowest BCUT2D eigenvalue weighted by Gasteiger charge is -2.29. The number of hydrogen-bond acceptors (Lipinski definition) is 3. The van der Waals surface area contributed by atoms with Gasteiger partial charge in [0.15, 0.2) is 0 Å². The lowest BCUT2D eigenvalue weighted by molar-refractivity contribution is -0.149. The molecule has 0 aliphatic carbocycles. The fraction of sp³-hybridized carbons (Fsp3) is 0.176. The summed E-state index contributed by atoms with van der Waals surface area (Å²) in [7, 11) is 0. The van der Waals surface area contributed by atoms with Crippen molar-refractivity contribution in [3.8, 4) is 0 Å². The summed E-state index contributed by atoms with van der Waals surface area (Å²) in [6.45, 7) is -0.0770. The standard InChI is InChI=1S/C17H15ClFNO4/c18-9-10-24-16(17(22)23)20(14-8-4-7-13(19)11-14)15(21)12-5-2-1-3-6-12/h1-8,11,16H,9-10H2,(H,22,23)/t16-/m0/s1. The minimum atomic E-state index is -1.63. The van der Waals surface area contributed by atoms with Crippen LogP contribution in [0.1, 0.15) is 10.4 Å². The lowest BCUT2D eigenvalue weighted by atomic mass is 10.1. The number of anilines is 1. The van der Waals surface area contributed by atoms with E-state index in [1.807, 2.05) is 0 Å². The van der Waals surface area contributed by atoms with E-state index >= 15 is 0 Å². The number of carbonyl (C=O) groups is 2. The van der Waals surface area contributed by atoms with E-state index in [-0.39, 0.29) is 23.7 Å². The average molecular weight is 352 g/mol. The molecule has 0 spiro atoms. The molecule has 126 valence electrons. The smallest absolute Gasteiger partial charge is 0.354 e. The zero-order chi connectivity index (χ0) is 17.5. The molecule has 1 amide bonds. The van der Waals surface area contributed by atoms with Gasteiger partial charge in [0.05, 0.1) is 12.3 Å². The van der Waals surface area contributed by atoms with Crippen LogP contribution in [0, 0.1) is 5.82 Å². The van der Waals surface area contributed by atoms with E-state index in [2.05, 4.69) is 0 Å². The number of ether oxygens (including phenoxy) is 1. The normalized spacial score (nSPS) is 11.8. The van der Waals surface area contributed by atoms with Crippen LogP contribution in [-0.4, -0.2) is 35.7 Å². The van der Waals surface area contributed by atoms with Gasteiger partial charge in [0, 0.05) is 11.4 Å². The molecular weight excluding hydrogens is 337 g/mol. The highest BCUT2D eigenvalue weighted by Gasteiger charge is 2.32. The highest BCUT2D eigenvalue weighted by atomic mass is 35.5. The molecule has 0 heterocycles. The second kappa shape index (κ2) is 8.42. The number of nitrogens with zero attached hydrogens (tertiary/aromatic N) is 1. The molecule has 0 unspecified atom stereocenters. The molecule has 2 rings (SSSR count). The number of aliphatic carboxylic acids is 1. The molecule has 0 radical (unpaired) electrons. The van der Waals surface area contributed by atoms with Crippen LogP contribution in [0.3, 0.4) is 0 Å². The predicted molar refractivity (Wildman–Crippen MR) is 87.7 cm³/mol. The van der Waals surface area contributed by atoms with E-state index in [0.29, 0.717) is 0 Å². The first-order valence-corrected chi connectivity index (χ1v) is 7.62. The van der Waals surface area contributed by atoms with E-state index < -0.39 is 23.9 Å². The molecule has 5 nitrogen and oxygen atoms in total. The maximum atomic E-state index is 13.6. The van der Waals surface area contributed by atoms with Crippen molar-refractivity contribution < 1.29 is 23.8 Å². The number of benzene rings is 2. The lowest BCUT2D eigenvalue weighted by Crippen LogP contribution is -2.47. The van der Waals surface area contributed by atoms with E-state index in [9.17, 15) is 19.1 Å². The van der Waals surface area contributed by atoms with E-state index in [4.69, 9.17) is 16.3 Å². The number of carbonyl (C=O) groups excluding carboxylic acids is 1. The first-order chi connectivity index (χ1) is 11.5. The van der Waals surface area contributed by atoms with Crippen molar-refractivity contribution in [1.29, 1.82) is 0 Å². The SMILES string of the molecule is O=C(O)[C@H](OCCCl)N(C(=O)c1ccccc1)c1cccc(F)c1. The molecule has 0 bridgehead atoms. The Balaban J connectivity index is 2.47. The Bertz CT molecular complexity index is 711. The third kappa shape index (κ3) is 4.31. The van der Waals surface area contributed by atoms with Gasteiger partial charge in [-0.05, 0) is 30.3 Å². The Labute approximate surface area is 143 Å². The Morgan fingerprint density at radius 3 is 2.46 bits per heavy atom. The third-order valence-corrected chi connectivity index (χ3v) is 3.28. The molecule has 7 heteroatoms. The van der Waals surface area contributed by atoms with Crippen LogP contribution < -0.4 is 4.90 Å². The summed E-state index contributed by atoms with van der Waals surface area (Å²) in [6, 6.07) is 13.2. The summed E-state index contributed by atoms with van der Waals surface area (Å²) in [6.07, 6.45) is -1.63. The molecule has 0 saturated carbocycles. The third-order valence-electron chi connectivity index (χ3n) is 3.12. The molecule has 1 atom stereocenters. The maximum absolute atomic E-state index is 13.6. The van der Waals surface area contributed by atoms with Crippen molar-refractivity contribution in [2.75, 3.05) is 17.4 Å². The molecule has 2 aromatic rings. The molecule has 0 aromatic heterocycles. The molecular formula is C17H15ClFNO4. The first-order valence-electron chi connectivity index (χ1n) is 7.09. The van der Waals surface area contributed by atoms with Gasteiger partial charge in [-0.3, -0.25) is 9.69 Å². The molecule has 2 aromatic carbocycles. The second-order valence-electron chi connectivity index (χ2n) is 4.77. The van der Waals surface area contributed by atoms with Crippen LogP contribution in [0.2, 0.25) is 0 Å². The van der Waals surface area contributed by atoms with E-state index in [1.165, 1.54) is 30.3 Å². The zero-order valence-electron chi connectivity index (χ0n) is 12.6. The zero-order valence-corrected chi connectivity index (χ0v) is 13.3. The van der Waals surface area contributed by atoms with Gasteiger partial charge >= 0.3 is 5.97 Å². The summed E-state index contributed by atoms with van der Waals surface area (Å²) in [4.78, 5) is 25.3. The molecule has 0 aliphatic heterocycles. The van der Waals surface area contributed by atoms with E-state index in [1.54, 1.807) is 18.2 Å². The van der Waals surface area contributed by atoms with Crippen molar-refractivity contribution in [1.82, 2.24) is 0 Å². The van der Waals surface area contributed by atoms with Gasteiger partial charge in [0.25, 0.3) is 5.91 Å². The highest BCUT2D eigenvalue weighted by Crippen LogP contribution is 2.22. The Hall–Kier alpha value is -2.44. The van der Waals surface area contributed by atoms with Gasteiger partial charge < -0.3 is 9.84 Å². The number of carboxylic acid groups (broad SMARTS) is 1. The molecule has 0 aliphatic rings. The molecule has 24 heavy (non-hydrogen) atoms. The summed E-state index contributed by atoms with van der Waals surface area (Å²) < 4.78 is 18.8. The van der Waals surface area contributed by atoms with Crippen LogP contribution in [0.5, 0.6) is 0 Å². The first kappa shape index (κ1) is 17.9. The Morgan fingerprint density at radius 1 is 1.17 bits per heavy atom. The van der Waals surface area contributed by atoms with E-state index in [0.717, 1.165) is 11.0 Å². The quantitative estimate of drug-likeness (QED) is 0.614. The topological polar surface area (TPSA) is 66.8 Å². The Morgan fingerprint density at radius 2 is 1.88 bits per heavy atom. The largest absolute Gasteiger partial charge is 0.478 e. The van der Waals surface area contributed by atoms with Crippen LogP contribution >= 0.6 is 11.6 Å². The van der Waals surface area contributed by atoms with Crippen LogP contribution in [0.15, 0.2) is 54.6 Å². The fourth-order valence-electron chi connectivity index (χ4n) is 2.12. The maximum Gasteiger partial charge on any atom is 0.354 e. The summed E-state index contributed by atoms with van der Waals surface area (Å²) in [5.41, 5.74) is 0.327. The molecule has 0 fully saturated rings. The van der Waals surface area contributed by atoms with Crippen LogP contribution in [0.4, 0.5) is 10.1 Å². The monoisotopic (exact) mass is 351 g/mol. The number of hydrogen-bond donors (Lipinski definition) is 1.